The highest BCUT2D eigenvalue weighted by Gasteiger charge is 2.30. The molecule has 0 radical (unpaired) electrons. The number of rotatable bonds is 2. The molecule has 2 unspecified atom stereocenters. The first-order valence-electron chi connectivity index (χ1n) is 6.45. The maximum atomic E-state index is 14.1. The first kappa shape index (κ1) is 14.9. The van der Waals surface area contributed by atoms with Gasteiger partial charge in [-0.05, 0) is 40.9 Å². The molecule has 0 aliphatic heterocycles. The third kappa shape index (κ3) is 3.18. The largest absolute Gasteiger partial charge is 0.327 e. The molecule has 2 atom stereocenters. The molecule has 2 rings (SSSR count). The van der Waals surface area contributed by atoms with Crippen LogP contribution in [-0.4, -0.2) is 11.8 Å². The number of carbonyl (C=O) groups excluding carboxylic acids is 1. The molecule has 5 heteroatoms. The van der Waals surface area contributed by atoms with Crippen LogP contribution in [0.1, 0.15) is 42.5 Å². The van der Waals surface area contributed by atoms with Crippen molar-refractivity contribution in [1.82, 2.24) is 0 Å². The number of carbonyl (C=O) groups is 1. The van der Waals surface area contributed by atoms with E-state index >= 15 is 0 Å². The molecule has 104 valence electrons. The maximum absolute atomic E-state index is 14.1. The Morgan fingerprint density at radius 1 is 1.32 bits per heavy atom. The third-order valence-electron chi connectivity index (χ3n) is 3.71. The molecule has 1 aromatic carbocycles. The lowest BCUT2D eigenvalue weighted by molar-refractivity contribution is 0.0890. The zero-order chi connectivity index (χ0) is 14.0. The van der Waals surface area contributed by atoms with Crippen LogP contribution < -0.4 is 5.73 Å². The molecular weight excluding hydrogens is 333 g/mol. The van der Waals surface area contributed by atoms with Crippen LogP contribution in [0, 0.1) is 11.7 Å². The Balaban J connectivity index is 2.30. The number of Topliss-reactive ketones (excluding diaryl/α,β-unsaturated/α-hetero) is 1. The van der Waals surface area contributed by atoms with Crippen LogP contribution in [0.2, 0.25) is 5.02 Å². The number of benzene rings is 1. The fraction of sp³-hybridized carbons (Fsp3) is 0.500. The summed E-state index contributed by atoms with van der Waals surface area (Å²) in [6.07, 6.45) is 4.64. The van der Waals surface area contributed by atoms with Crippen LogP contribution in [0.3, 0.4) is 0 Å². The Bertz CT molecular complexity index is 495. The summed E-state index contributed by atoms with van der Waals surface area (Å²) in [5.41, 5.74) is 6.10. The summed E-state index contributed by atoms with van der Waals surface area (Å²) in [6, 6.07) is 2.89. The first-order chi connectivity index (χ1) is 9.02. The van der Waals surface area contributed by atoms with Gasteiger partial charge < -0.3 is 5.73 Å². The van der Waals surface area contributed by atoms with E-state index in [4.69, 9.17) is 17.3 Å². The van der Waals surface area contributed by atoms with Gasteiger partial charge in [0.15, 0.2) is 11.6 Å². The predicted octanol–water partition coefficient (Wildman–Crippen LogP) is 4.33. The van der Waals surface area contributed by atoms with Gasteiger partial charge in [0, 0.05) is 16.4 Å². The second-order valence-electron chi connectivity index (χ2n) is 5.00. The van der Waals surface area contributed by atoms with Gasteiger partial charge in [0.2, 0.25) is 0 Å². The van der Waals surface area contributed by atoms with E-state index in [0.29, 0.717) is 4.47 Å². The Kier molecular flexibility index (Phi) is 4.98. The lowest BCUT2D eigenvalue weighted by atomic mass is 9.87. The molecule has 1 aliphatic rings. The first-order valence-corrected chi connectivity index (χ1v) is 7.62. The van der Waals surface area contributed by atoms with Crippen molar-refractivity contribution in [1.29, 1.82) is 0 Å². The normalized spacial score (nSPS) is 24.0. The number of ketones is 1. The van der Waals surface area contributed by atoms with Crippen LogP contribution >= 0.6 is 27.5 Å². The Hall–Kier alpha value is -0.450. The fourth-order valence-electron chi connectivity index (χ4n) is 2.58. The van der Waals surface area contributed by atoms with Gasteiger partial charge in [-0.15, -0.1) is 0 Å². The van der Waals surface area contributed by atoms with E-state index in [0.717, 1.165) is 32.1 Å². The zero-order valence-corrected chi connectivity index (χ0v) is 12.8. The summed E-state index contributed by atoms with van der Waals surface area (Å²) in [5, 5.41) is -0.0481. The van der Waals surface area contributed by atoms with Gasteiger partial charge in [0.05, 0.1) is 10.6 Å². The number of halogens is 3. The smallest absolute Gasteiger partial charge is 0.170 e. The third-order valence-corrected chi connectivity index (χ3v) is 4.97. The summed E-state index contributed by atoms with van der Waals surface area (Å²) in [6.45, 7) is 0. The molecule has 0 amide bonds. The van der Waals surface area contributed by atoms with Gasteiger partial charge in [0.1, 0.15) is 0 Å². The monoisotopic (exact) mass is 347 g/mol. The number of hydrogen-bond acceptors (Lipinski definition) is 2. The quantitative estimate of drug-likeness (QED) is 0.491. The van der Waals surface area contributed by atoms with E-state index in [9.17, 15) is 9.18 Å². The Morgan fingerprint density at radius 2 is 2.00 bits per heavy atom. The molecule has 2 nitrogen and oxygen atoms in total. The molecular formula is C14H16BrClFNO. The second-order valence-corrected chi connectivity index (χ2v) is 6.23. The molecule has 1 fully saturated rings. The van der Waals surface area contributed by atoms with Crippen molar-refractivity contribution in [3.05, 3.63) is 33.0 Å². The van der Waals surface area contributed by atoms with Gasteiger partial charge in [-0.2, -0.15) is 0 Å². The lowest BCUT2D eigenvalue weighted by Gasteiger charge is -2.20. The molecule has 1 aromatic rings. The van der Waals surface area contributed by atoms with E-state index in [1.54, 1.807) is 6.07 Å². The molecule has 0 heterocycles. The minimum absolute atomic E-state index is 0.0481. The average molecular weight is 349 g/mol. The van der Waals surface area contributed by atoms with Gasteiger partial charge in [0.25, 0.3) is 0 Å². The van der Waals surface area contributed by atoms with E-state index in [1.807, 2.05) is 0 Å². The predicted molar refractivity (Wildman–Crippen MR) is 78.0 cm³/mol. The van der Waals surface area contributed by atoms with Crippen LogP contribution in [0.5, 0.6) is 0 Å². The van der Waals surface area contributed by atoms with Crippen molar-refractivity contribution < 1.29 is 9.18 Å². The topological polar surface area (TPSA) is 43.1 Å². The van der Waals surface area contributed by atoms with Gasteiger partial charge in [-0.3, -0.25) is 4.79 Å². The van der Waals surface area contributed by atoms with Crippen molar-refractivity contribution in [2.75, 3.05) is 0 Å². The van der Waals surface area contributed by atoms with E-state index in [2.05, 4.69) is 15.9 Å². The van der Waals surface area contributed by atoms with Crippen LogP contribution in [-0.2, 0) is 0 Å². The minimum atomic E-state index is -0.655. The van der Waals surface area contributed by atoms with E-state index in [-0.39, 0.29) is 28.3 Å². The van der Waals surface area contributed by atoms with Crippen molar-refractivity contribution in [2.45, 2.75) is 38.1 Å². The summed E-state index contributed by atoms with van der Waals surface area (Å²) < 4.78 is 14.5. The fourth-order valence-corrected chi connectivity index (χ4v) is 3.05. The average Bonchev–Trinajstić information content (AvgIpc) is 2.60. The van der Waals surface area contributed by atoms with Crippen LogP contribution in [0.4, 0.5) is 4.39 Å². The summed E-state index contributed by atoms with van der Waals surface area (Å²) in [4.78, 5) is 12.5. The van der Waals surface area contributed by atoms with Crippen molar-refractivity contribution in [3.63, 3.8) is 0 Å². The van der Waals surface area contributed by atoms with Crippen molar-refractivity contribution >= 4 is 33.3 Å². The SMILES string of the molecule is NC1CCCCCC1C(=O)c1ccc(Br)c(Cl)c1F. The second kappa shape index (κ2) is 6.33. The minimum Gasteiger partial charge on any atom is -0.327 e. The van der Waals surface area contributed by atoms with E-state index < -0.39 is 5.82 Å². The van der Waals surface area contributed by atoms with Gasteiger partial charge in [-0.25, -0.2) is 4.39 Å². The Morgan fingerprint density at radius 3 is 2.74 bits per heavy atom. The maximum Gasteiger partial charge on any atom is 0.170 e. The molecule has 0 spiro atoms. The number of hydrogen-bond donors (Lipinski definition) is 1. The summed E-state index contributed by atoms with van der Waals surface area (Å²) in [5.74, 6) is -1.17. The molecule has 1 saturated carbocycles. The Labute approximate surface area is 125 Å². The highest BCUT2D eigenvalue weighted by Crippen LogP contribution is 2.31. The summed E-state index contributed by atoms with van der Waals surface area (Å²) in [7, 11) is 0. The molecule has 1 aliphatic carbocycles. The molecule has 19 heavy (non-hydrogen) atoms. The van der Waals surface area contributed by atoms with Gasteiger partial charge >= 0.3 is 0 Å². The number of nitrogens with two attached hydrogens (primary N) is 1. The molecule has 2 N–H and O–H groups in total. The zero-order valence-electron chi connectivity index (χ0n) is 10.5. The molecule has 0 bridgehead atoms. The standard InChI is InChI=1S/C14H16BrClFNO/c15-10-7-6-9(13(17)12(10)16)14(19)8-4-2-1-3-5-11(8)18/h6-8,11H,1-5,18H2. The van der Waals surface area contributed by atoms with Crippen LogP contribution in [0.25, 0.3) is 0 Å². The summed E-state index contributed by atoms with van der Waals surface area (Å²) >= 11 is 8.97. The molecule has 0 saturated heterocycles. The van der Waals surface area contributed by atoms with Crippen molar-refractivity contribution in [3.8, 4) is 0 Å². The highest BCUT2D eigenvalue weighted by atomic mass is 79.9. The highest BCUT2D eigenvalue weighted by molar-refractivity contribution is 9.10. The van der Waals surface area contributed by atoms with Crippen LogP contribution in [0.15, 0.2) is 16.6 Å². The van der Waals surface area contributed by atoms with Gasteiger partial charge in [-0.1, -0.05) is 30.9 Å². The molecule has 0 aromatic heterocycles. The lowest BCUT2D eigenvalue weighted by Crippen LogP contribution is -2.35. The van der Waals surface area contributed by atoms with Crippen molar-refractivity contribution in [2.24, 2.45) is 11.7 Å². The van der Waals surface area contributed by atoms with E-state index in [1.165, 1.54) is 6.07 Å².